The standard InChI is InChI=1S/C21H24ClN3O5S/c1-5-17-21(27)24-16-9-13(3)19(10-18(16)30-17)31(28,29)25(4)11-20(26)23-15-7-6-14(22)8-12(15)2/h6-10,17H,5,11H2,1-4H3,(H,23,26)(H,24,27). The number of nitrogens with zero attached hydrogens (tertiary/aromatic N) is 1. The quantitative estimate of drug-likeness (QED) is 0.680. The summed E-state index contributed by atoms with van der Waals surface area (Å²) < 4.78 is 32.9. The third kappa shape index (κ3) is 4.84. The first-order valence-electron chi connectivity index (χ1n) is 9.67. The summed E-state index contributed by atoms with van der Waals surface area (Å²) in [6, 6.07) is 7.95. The van der Waals surface area contributed by atoms with Crippen molar-refractivity contribution in [2.75, 3.05) is 24.2 Å². The van der Waals surface area contributed by atoms with Gasteiger partial charge in [0.05, 0.1) is 17.1 Å². The van der Waals surface area contributed by atoms with E-state index in [-0.39, 0.29) is 23.1 Å². The summed E-state index contributed by atoms with van der Waals surface area (Å²) in [7, 11) is -2.65. The first-order valence-corrected chi connectivity index (χ1v) is 11.5. The van der Waals surface area contributed by atoms with Crippen molar-refractivity contribution in [3.8, 4) is 5.75 Å². The molecule has 1 aliphatic rings. The Kier molecular flexibility index (Phi) is 6.59. The summed E-state index contributed by atoms with van der Waals surface area (Å²) in [5.41, 5.74) is 2.17. The molecule has 10 heteroatoms. The van der Waals surface area contributed by atoms with Crippen LogP contribution in [0.4, 0.5) is 11.4 Å². The molecule has 31 heavy (non-hydrogen) atoms. The van der Waals surface area contributed by atoms with Gasteiger partial charge >= 0.3 is 0 Å². The molecule has 166 valence electrons. The number of hydrogen-bond acceptors (Lipinski definition) is 5. The van der Waals surface area contributed by atoms with Crippen molar-refractivity contribution in [2.45, 2.75) is 38.2 Å². The smallest absolute Gasteiger partial charge is 0.265 e. The number of aryl methyl sites for hydroxylation is 2. The van der Waals surface area contributed by atoms with Crippen LogP contribution in [-0.4, -0.2) is 44.2 Å². The zero-order chi connectivity index (χ0) is 22.9. The predicted molar refractivity (Wildman–Crippen MR) is 119 cm³/mol. The van der Waals surface area contributed by atoms with Crippen LogP contribution in [0.1, 0.15) is 24.5 Å². The van der Waals surface area contributed by atoms with Crippen molar-refractivity contribution in [1.29, 1.82) is 0 Å². The lowest BCUT2D eigenvalue weighted by Gasteiger charge is -2.27. The SMILES string of the molecule is CCC1Oc2cc(S(=O)(=O)N(C)CC(=O)Nc3ccc(Cl)cc3C)c(C)cc2NC1=O. The molecule has 2 amide bonds. The Morgan fingerprint density at radius 2 is 1.94 bits per heavy atom. The van der Waals surface area contributed by atoms with Crippen molar-refractivity contribution in [3.05, 3.63) is 46.5 Å². The highest BCUT2D eigenvalue weighted by Crippen LogP contribution is 2.35. The molecule has 0 spiro atoms. The minimum absolute atomic E-state index is 0.00947. The average Bonchev–Trinajstić information content (AvgIpc) is 2.69. The van der Waals surface area contributed by atoms with Gasteiger partial charge < -0.3 is 15.4 Å². The number of anilines is 2. The van der Waals surface area contributed by atoms with Crippen LogP contribution in [0.3, 0.4) is 0 Å². The third-order valence-corrected chi connectivity index (χ3v) is 7.16. The summed E-state index contributed by atoms with van der Waals surface area (Å²) in [5.74, 6) is -0.469. The number of hydrogen-bond donors (Lipinski definition) is 2. The van der Waals surface area contributed by atoms with E-state index in [0.29, 0.717) is 28.4 Å². The zero-order valence-corrected chi connectivity index (χ0v) is 19.2. The molecule has 0 saturated carbocycles. The summed E-state index contributed by atoms with van der Waals surface area (Å²) in [6.07, 6.45) is -0.234. The molecule has 0 fully saturated rings. The fourth-order valence-corrected chi connectivity index (χ4v) is 4.81. The number of carbonyl (C=O) groups is 2. The highest BCUT2D eigenvalue weighted by Gasteiger charge is 2.31. The summed E-state index contributed by atoms with van der Waals surface area (Å²) in [6.45, 7) is 4.84. The molecule has 3 rings (SSSR count). The second kappa shape index (κ2) is 8.86. The van der Waals surface area contributed by atoms with E-state index in [1.807, 2.05) is 0 Å². The van der Waals surface area contributed by atoms with Gasteiger partial charge in [-0.3, -0.25) is 9.59 Å². The molecule has 0 radical (unpaired) electrons. The molecular weight excluding hydrogens is 442 g/mol. The molecule has 2 N–H and O–H groups in total. The average molecular weight is 466 g/mol. The Morgan fingerprint density at radius 1 is 1.23 bits per heavy atom. The lowest BCUT2D eigenvalue weighted by atomic mass is 10.1. The predicted octanol–water partition coefficient (Wildman–Crippen LogP) is 3.33. The lowest BCUT2D eigenvalue weighted by Crippen LogP contribution is -2.37. The number of rotatable bonds is 6. The molecule has 1 heterocycles. The highest BCUT2D eigenvalue weighted by atomic mass is 35.5. The lowest BCUT2D eigenvalue weighted by molar-refractivity contribution is -0.123. The van der Waals surface area contributed by atoms with Gasteiger partial charge in [-0.1, -0.05) is 18.5 Å². The number of amides is 2. The van der Waals surface area contributed by atoms with Gasteiger partial charge in [0.25, 0.3) is 5.91 Å². The van der Waals surface area contributed by atoms with E-state index in [0.717, 1.165) is 9.87 Å². The van der Waals surface area contributed by atoms with Crippen molar-refractivity contribution < 1.29 is 22.7 Å². The van der Waals surface area contributed by atoms with Gasteiger partial charge in [0, 0.05) is 23.8 Å². The van der Waals surface area contributed by atoms with Crippen LogP contribution in [-0.2, 0) is 19.6 Å². The maximum absolute atomic E-state index is 13.1. The molecule has 0 bridgehead atoms. The topological polar surface area (TPSA) is 105 Å². The van der Waals surface area contributed by atoms with Crippen LogP contribution in [0.2, 0.25) is 5.02 Å². The van der Waals surface area contributed by atoms with Crippen LogP contribution in [0.25, 0.3) is 0 Å². The van der Waals surface area contributed by atoms with E-state index in [1.165, 1.54) is 13.1 Å². The number of nitrogens with one attached hydrogen (secondary N) is 2. The Morgan fingerprint density at radius 3 is 2.58 bits per heavy atom. The minimum atomic E-state index is -3.99. The minimum Gasteiger partial charge on any atom is -0.478 e. The van der Waals surface area contributed by atoms with Gasteiger partial charge in [-0.2, -0.15) is 4.31 Å². The normalized spacial score (nSPS) is 15.8. The first-order chi connectivity index (χ1) is 14.5. The summed E-state index contributed by atoms with van der Waals surface area (Å²) >= 11 is 5.92. The molecule has 1 aliphatic heterocycles. The molecule has 0 aromatic heterocycles. The Bertz CT molecular complexity index is 1150. The second-order valence-electron chi connectivity index (χ2n) is 7.39. The van der Waals surface area contributed by atoms with E-state index in [9.17, 15) is 18.0 Å². The summed E-state index contributed by atoms with van der Waals surface area (Å²) in [4.78, 5) is 24.4. The van der Waals surface area contributed by atoms with Crippen molar-refractivity contribution in [2.24, 2.45) is 0 Å². The number of carbonyl (C=O) groups excluding carboxylic acids is 2. The monoisotopic (exact) mass is 465 g/mol. The molecule has 1 atom stereocenters. The van der Waals surface area contributed by atoms with Crippen LogP contribution in [0, 0.1) is 13.8 Å². The van der Waals surface area contributed by atoms with Gasteiger partial charge in [0.15, 0.2) is 6.10 Å². The number of sulfonamides is 1. The zero-order valence-electron chi connectivity index (χ0n) is 17.7. The second-order valence-corrected chi connectivity index (χ2v) is 9.84. The van der Waals surface area contributed by atoms with Crippen LogP contribution < -0.4 is 15.4 Å². The van der Waals surface area contributed by atoms with E-state index in [4.69, 9.17) is 16.3 Å². The van der Waals surface area contributed by atoms with Gasteiger partial charge in [0.2, 0.25) is 15.9 Å². The maximum atomic E-state index is 13.1. The maximum Gasteiger partial charge on any atom is 0.265 e. The largest absolute Gasteiger partial charge is 0.478 e. The molecule has 1 unspecified atom stereocenters. The fraction of sp³-hybridized carbons (Fsp3) is 0.333. The summed E-state index contributed by atoms with van der Waals surface area (Å²) in [5, 5.41) is 5.97. The molecule has 0 saturated heterocycles. The van der Waals surface area contributed by atoms with Gasteiger partial charge in [-0.15, -0.1) is 0 Å². The van der Waals surface area contributed by atoms with Crippen molar-refractivity contribution in [3.63, 3.8) is 0 Å². The van der Waals surface area contributed by atoms with E-state index in [1.54, 1.807) is 45.0 Å². The third-order valence-electron chi connectivity index (χ3n) is 4.98. The van der Waals surface area contributed by atoms with Crippen LogP contribution in [0.15, 0.2) is 35.2 Å². The number of halogens is 1. The molecular formula is C21H24ClN3O5S. The Balaban J connectivity index is 1.80. The number of ether oxygens (including phenoxy) is 1. The number of fused-ring (bicyclic) bond motifs is 1. The number of likely N-dealkylation sites (N-methyl/N-ethyl adjacent to an activating group) is 1. The van der Waals surface area contributed by atoms with Crippen LogP contribution in [0.5, 0.6) is 5.75 Å². The first kappa shape index (κ1) is 23.1. The van der Waals surface area contributed by atoms with Gasteiger partial charge in [0.1, 0.15) is 5.75 Å². The molecule has 8 nitrogen and oxygen atoms in total. The molecule has 2 aromatic rings. The van der Waals surface area contributed by atoms with Crippen LogP contribution >= 0.6 is 11.6 Å². The molecule has 0 aliphatic carbocycles. The highest BCUT2D eigenvalue weighted by molar-refractivity contribution is 7.89. The Hall–Kier alpha value is -2.62. The fourth-order valence-electron chi connectivity index (χ4n) is 3.24. The number of benzene rings is 2. The van der Waals surface area contributed by atoms with Crippen molar-refractivity contribution >= 4 is 44.8 Å². The molecule has 2 aromatic carbocycles. The van der Waals surface area contributed by atoms with Gasteiger partial charge in [-0.25, -0.2) is 8.42 Å². The van der Waals surface area contributed by atoms with E-state index < -0.39 is 22.0 Å². The van der Waals surface area contributed by atoms with Gasteiger partial charge in [-0.05, 0) is 55.7 Å². The van der Waals surface area contributed by atoms with E-state index in [2.05, 4.69) is 10.6 Å². The van der Waals surface area contributed by atoms with Crippen molar-refractivity contribution in [1.82, 2.24) is 4.31 Å². The van der Waals surface area contributed by atoms with E-state index >= 15 is 0 Å². The Labute approximate surface area is 186 Å².